The summed E-state index contributed by atoms with van der Waals surface area (Å²) < 4.78 is 0. The minimum atomic E-state index is -0.156. The van der Waals surface area contributed by atoms with Gasteiger partial charge in [0.25, 0.3) is 0 Å². The highest BCUT2D eigenvalue weighted by atomic mass is 16.3. The Morgan fingerprint density at radius 2 is 1.86 bits per heavy atom. The second-order valence-corrected chi connectivity index (χ2v) is 8.63. The van der Waals surface area contributed by atoms with Crippen LogP contribution in [0.2, 0.25) is 0 Å². The number of rotatable bonds is 1. The fourth-order valence-corrected chi connectivity index (χ4v) is 5.36. The van der Waals surface area contributed by atoms with Gasteiger partial charge in [-0.3, -0.25) is 0 Å². The Morgan fingerprint density at radius 3 is 2.52 bits per heavy atom. The van der Waals surface area contributed by atoms with Crippen molar-refractivity contribution in [2.75, 3.05) is 0 Å². The van der Waals surface area contributed by atoms with Gasteiger partial charge in [-0.2, -0.15) is 0 Å². The van der Waals surface area contributed by atoms with Gasteiger partial charge in [-0.15, -0.1) is 0 Å². The minimum absolute atomic E-state index is 0.143. The molecule has 0 aliphatic heterocycles. The van der Waals surface area contributed by atoms with Crippen molar-refractivity contribution in [3.63, 3.8) is 0 Å². The monoisotopic (exact) mass is 286 g/mol. The Kier molecular flexibility index (Phi) is 3.48. The summed E-state index contributed by atoms with van der Waals surface area (Å²) in [6.45, 7) is 11.6. The first-order valence-corrected chi connectivity index (χ1v) is 8.55. The third-order valence-corrected chi connectivity index (χ3v) is 6.25. The molecule has 0 radical (unpaired) electrons. The Hall–Kier alpha value is -0.820. The van der Waals surface area contributed by atoms with E-state index in [1.54, 1.807) is 0 Å². The van der Waals surface area contributed by atoms with Gasteiger partial charge in [0.1, 0.15) is 0 Å². The van der Waals surface area contributed by atoms with Gasteiger partial charge < -0.3 is 5.11 Å². The average Bonchev–Trinajstić information content (AvgIpc) is 2.35. The number of hydrogen-bond acceptors (Lipinski definition) is 1. The predicted molar refractivity (Wildman–Crippen MR) is 88.7 cm³/mol. The zero-order chi connectivity index (χ0) is 15.4. The lowest BCUT2D eigenvalue weighted by atomic mass is 9.50. The van der Waals surface area contributed by atoms with Crippen LogP contribution in [-0.4, -0.2) is 11.2 Å². The summed E-state index contributed by atoms with van der Waals surface area (Å²) in [7, 11) is 0. The van der Waals surface area contributed by atoms with E-state index >= 15 is 0 Å². The summed E-state index contributed by atoms with van der Waals surface area (Å²) in [5.74, 6) is 1.28. The number of hydrogen-bond donors (Lipinski definition) is 1. The van der Waals surface area contributed by atoms with Gasteiger partial charge in [0.15, 0.2) is 0 Å². The van der Waals surface area contributed by atoms with Gasteiger partial charge in [-0.1, -0.05) is 52.8 Å². The fourth-order valence-electron chi connectivity index (χ4n) is 5.36. The molecule has 0 spiro atoms. The highest BCUT2D eigenvalue weighted by Crippen LogP contribution is 2.57. The Morgan fingerprint density at radius 1 is 1.14 bits per heavy atom. The topological polar surface area (TPSA) is 20.2 Å². The van der Waals surface area contributed by atoms with Crippen LogP contribution in [0.15, 0.2) is 18.2 Å². The van der Waals surface area contributed by atoms with Gasteiger partial charge in [0.2, 0.25) is 0 Å². The van der Waals surface area contributed by atoms with Crippen molar-refractivity contribution in [1.29, 1.82) is 0 Å². The molecule has 21 heavy (non-hydrogen) atoms. The molecular formula is C20H30O. The fraction of sp³-hybridized carbons (Fsp3) is 0.700. The first-order valence-electron chi connectivity index (χ1n) is 8.55. The van der Waals surface area contributed by atoms with E-state index in [0.717, 1.165) is 12.8 Å². The molecule has 1 N–H and O–H groups in total. The molecule has 1 nitrogen and oxygen atoms in total. The third-order valence-electron chi connectivity index (χ3n) is 6.25. The highest BCUT2D eigenvalue weighted by Gasteiger charge is 2.52. The van der Waals surface area contributed by atoms with E-state index < -0.39 is 0 Å². The Labute approximate surface area is 129 Å². The number of fused-ring (bicyclic) bond motifs is 3. The van der Waals surface area contributed by atoms with E-state index in [1.807, 2.05) is 0 Å². The minimum Gasteiger partial charge on any atom is -0.393 e. The van der Waals surface area contributed by atoms with Crippen molar-refractivity contribution in [3.05, 3.63) is 34.9 Å². The molecular weight excluding hydrogens is 256 g/mol. The van der Waals surface area contributed by atoms with Crippen molar-refractivity contribution >= 4 is 0 Å². The van der Waals surface area contributed by atoms with Crippen molar-refractivity contribution < 1.29 is 5.11 Å². The smallest absolute Gasteiger partial charge is 0.0554 e. The summed E-state index contributed by atoms with van der Waals surface area (Å²) in [4.78, 5) is 0. The van der Waals surface area contributed by atoms with Crippen LogP contribution in [0.1, 0.15) is 76.5 Å². The van der Waals surface area contributed by atoms with E-state index in [2.05, 4.69) is 52.8 Å². The van der Waals surface area contributed by atoms with E-state index in [9.17, 15) is 5.11 Å². The number of aryl methyl sites for hydroxylation is 1. The van der Waals surface area contributed by atoms with Crippen LogP contribution < -0.4 is 0 Å². The molecule has 3 unspecified atom stereocenters. The quantitative estimate of drug-likeness (QED) is 0.785. The molecule has 116 valence electrons. The second kappa shape index (κ2) is 4.84. The molecule has 2 aliphatic rings. The van der Waals surface area contributed by atoms with Crippen LogP contribution in [0, 0.1) is 11.3 Å². The van der Waals surface area contributed by atoms with Crippen LogP contribution in [-0.2, 0) is 11.8 Å². The maximum absolute atomic E-state index is 10.4. The second-order valence-electron chi connectivity index (χ2n) is 8.63. The maximum Gasteiger partial charge on any atom is 0.0554 e. The Bertz CT molecular complexity index is 543. The van der Waals surface area contributed by atoms with Gasteiger partial charge in [0, 0.05) is 0 Å². The zero-order valence-corrected chi connectivity index (χ0v) is 14.2. The van der Waals surface area contributed by atoms with E-state index in [4.69, 9.17) is 0 Å². The molecule has 3 atom stereocenters. The first kappa shape index (κ1) is 15.1. The molecule has 0 aromatic heterocycles. The number of benzene rings is 1. The average molecular weight is 286 g/mol. The molecule has 2 aliphatic carbocycles. The van der Waals surface area contributed by atoms with E-state index in [-0.39, 0.29) is 16.9 Å². The van der Waals surface area contributed by atoms with Crippen LogP contribution >= 0.6 is 0 Å². The lowest BCUT2D eigenvalue weighted by Crippen LogP contribution is -2.52. The van der Waals surface area contributed by atoms with Crippen molar-refractivity contribution in [1.82, 2.24) is 0 Å². The number of aliphatic hydroxyl groups excluding tert-OH is 1. The highest BCUT2D eigenvalue weighted by molar-refractivity contribution is 5.42. The predicted octanol–water partition coefficient (Wildman–Crippen LogP) is 4.81. The molecule has 0 saturated heterocycles. The van der Waals surface area contributed by atoms with Gasteiger partial charge in [-0.05, 0) is 65.0 Å². The lowest BCUT2D eigenvalue weighted by Gasteiger charge is -2.55. The van der Waals surface area contributed by atoms with Gasteiger partial charge in [-0.25, -0.2) is 0 Å². The summed E-state index contributed by atoms with van der Waals surface area (Å²) >= 11 is 0. The van der Waals surface area contributed by atoms with Crippen LogP contribution in [0.25, 0.3) is 0 Å². The SMILES string of the molecule is CC(C)c1ccc2c(c1)CCC1C(C)(C)CC(O)CC21C. The summed E-state index contributed by atoms with van der Waals surface area (Å²) in [5.41, 5.74) is 4.87. The zero-order valence-electron chi connectivity index (χ0n) is 14.2. The van der Waals surface area contributed by atoms with E-state index in [0.29, 0.717) is 11.8 Å². The molecule has 1 aromatic rings. The summed E-state index contributed by atoms with van der Waals surface area (Å²) in [6.07, 6.45) is 4.19. The molecule has 3 rings (SSSR count). The van der Waals surface area contributed by atoms with Crippen molar-refractivity contribution in [2.24, 2.45) is 11.3 Å². The van der Waals surface area contributed by atoms with Gasteiger partial charge in [0.05, 0.1) is 6.10 Å². The van der Waals surface area contributed by atoms with Crippen molar-refractivity contribution in [3.8, 4) is 0 Å². The van der Waals surface area contributed by atoms with Crippen molar-refractivity contribution in [2.45, 2.75) is 77.7 Å². The van der Waals surface area contributed by atoms with Crippen LogP contribution in [0.4, 0.5) is 0 Å². The standard InChI is InChI=1S/C20H30O/c1-13(2)14-6-8-17-15(10-14)7-9-18-19(3,4)11-16(21)12-20(17,18)5/h6,8,10,13,16,18,21H,7,9,11-12H2,1-5H3. The number of aliphatic hydroxyl groups is 1. The molecule has 1 heteroatoms. The van der Waals surface area contributed by atoms with Crippen LogP contribution in [0.5, 0.6) is 0 Å². The summed E-state index contributed by atoms with van der Waals surface area (Å²) in [6, 6.07) is 7.10. The molecule has 0 amide bonds. The summed E-state index contributed by atoms with van der Waals surface area (Å²) in [5, 5.41) is 10.4. The Balaban J connectivity index is 2.08. The lowest BCUT2D eigenvalue weighted by molar-refractivity contribution is -0.0384. The normalized spacial score (nSPS) is 34.4. The molecule has 1 fully saturated rings. The third kappa shape index (κ3) is 2.34. The van der Waals surface area contributed by atoms with Gasteiger partial charge >= 0.3 is 0 Å². The first-order chi connectivity index (χ1) is 9.74. The molecule has 1 saturated carbocycles. The van der Waals surface area contributed by atoms with Crippen LogP contribution in [0.3, 0.4) is 0 Å². The maximum atomic E-state index is 10.4. The molecule has 0 bridgehead atoms. The molecule has 0 heterocycles. The largest absolute Gasteiger partial charge is 0.393 e. The van der Waals surface area contributed by atoms with E-state index in [1.165, 1.54) is 29.5 Å². The molecule has 1 aromatic carbocycles.